The lowest BCUT2D eigenvalue weighted by atomic mass is 10.2. The predicted octanol–water partition coefficient (Wildman–Crippen LogP) is 2.78. The van der Waals surface area contributed by atoms with Gasteiger partial charge in [0.15, 0.2) is 0 Å². The molecule has 5 nitrogen and oxygen atoms in total. The smallest absolute Gasteiger partial charge is 0.269 e. The molecule has 1 saturated carbocycles. The molecule has 19 heavy (non-hydrogen) atoms. The zero-order chi connectivity index (χ0) is 13.7. The Balaban J connectivity index is 0.000000141. The molecule has 1 N–H and O–H groups in total. The topological polar surface area (TPSA) is 64.4 Å². The number of rotatable bonds is 1. The van der Waals surface area contributed by atoms with Gasteiger partial charge in [0.1, 0.15) is 5.72 Å². The largest absolute Gasteiger partial charge is 0.359 e. The van der Waals surface area contributed by atoms with Gasteiger partial charge < -0.3 is 4.74 Å². The second-order valence-corrected chi connectivity index (χ2v) is 5.07. The van der Waals surface area contributed by atoms with Crippen LogP contribution in [0.3, 0.4) is 0 Å². The van der Waals surface area contributed by atoms with Crippen LogP contribution in [-0.2, 0) is 4.74 Å². The number of hydrogen-bond donors (Lipinski definition) is 1. The number of benzene rings is 1. The average molecular weight is 264 g/mol. The lowest BCUT2D eigenvalue weighted by molar-refractivity contribution is -0.384. The zero-order valence-electron chi connectivity index (χ0n) is 11.2. The molecule has 1 aromatic carbocycles. The summed E-state index contributed by atoms with van der Waals surface area (Å²) in [6, 6.07) is 6.43. The summed E-state index contributed by atoms with van der Waals surface area (Å²) in [6.45, 7) is 3.86. The fraction of sp³-hybridized carbons (Fsp3) is 0.571. The van der Waals surface area contributed by atoms with E-state index in [1.807, 2.05) is 6.92 Å². The highest BCUT2D eigenvalue weighted by atomic mass is 16.6. The van der Waals surface area contributed by atoms with Crippen molar-refractivity contribution in [1.29, 1.82) is 0 Å². The number of nitrogens with zero attached hydrogens (tertiary/aromatic N) is 1. The van der Waals surface area contributed by atoms with Gasteiger partial charge in [-0.05, 0) is 32.6 Å². The summed E-state index contributed by atoms with van der Waals surface area (Å²) in [7, 11) is 0. The van der Waals surface area contributed by atoms with E-state index >= 15 is 0 Å². The van der Waals surface area contributed by atoms with E-state index in [0.29, 0.717) is 0 Å². The maximum Gasteiger partial charge on any atom is 0.269 e. The minimum Gasteiger partial charge on any atom is -0.359 e. The zero-order valence-corrected chi connectivity index (χ0v) is 11.2. The average Bonchev–Trinajstić information content (AvgIpc) is 3.04. The van der Waals surface area contributed by atoms with E-state index in [-0.39, 0.29) is 11.4 Å². The Hall–Kier alpha value is -1.46. The number of ether oxygens (including phenoxy) is 1. The second kappa shape index (κ2) is 6.12. The van der Waals surface area contributed by atoms with Crippen LogP contribution in [0, 0.1) is 17.0 Å². The van der Waals surface area contributed by atoms with Crippen LogP contribution >= 0.6 is 0 Å². The quantitative estimate of drug-likeness (QED) is 0.625. The standard InChI is InChI=1S/C7H7NO2.C7H13NO/c1-6-2-4-7(5-3-6)8(9)10;1-2-4-7(3-1)8-5-6-9-7/h2-5H,1H3;8H,1-6H2. The first-order chi connectivity index (χ1) is 9.11. The molecule has 1 heterocycles. The van der Waals surface area contributed by atoms with Crippen molar-refractivity contribution in [3.63, 3.8) is 0 Å². The summed E-state index contributed by atoms with van der Waals surface area (Å²) in [5.74, 6) is 0. The van der Waals surface area contributed by atoms with Crippen LogP contribution in [0.15, 0.2) is 24.3 Å². The third-order valence-corrected chi connectivity index (χ3v) is 3.58. The van der Waals surface area contributed by atoms with Gasteiger partial charge in [-0.1, -0.05) is 17.7 Å². The summed E-state index contributed by atoms with van der Waals surface area (Å²) in [4.78, 5) is 9.71. The van der Waals surface area contributed by atoms with E-state index in [1.165, 1.54) is 37.8 Å². The van der Waals surface area contributed by atoms with Crippen molar-refractivity contribution in [2.24, 2.45) is 0 Å². The summed E-state index contributed by atoms with van der Waals surface area (Å²) in [5.41, 5.74) is 1.32. The number of hydrogen-bond acceptors (Lipinski definition) is 4. The third kappa shape index (κ3) is 3.75. The molecule has 1 aromatic rings. The van der Waals surface area contributed by atoms with Crippen LogP contribution in [-0.4, -0.2) is 23.8 Å². The molecule has 104 valence electrons. The summed E-state index contributed by atoms with van der Waals surface area (Å²) in [5, 5.41) is 13.5. The lowest BCUT2D eigenvalue weighted by Crippen LogP contribution is -2.37. The molecule has 0 atom stereocenters. The minimum atomic E-state index is -0.403. The first-order valence-electron chi connectivity index (χ1n) is 6.71. The van der Waals surface area contributed by atoms with E-state index in [0.717, 1.165) is 18.7 Å². The highest BCUT2D eigenvalue weighted by Crippen LogP contribution is 2.32. The highest BCUT2D eigenvalue weighted by molar-refractivity contribution is 5.31. The summed E-state index contributed by atoms with van der Waals surface area (Å²) < 4.78 is 5.59. The second-order valence-electron chi connectivity index (χ2n) is 5.07. The van der Waals surface area contributed by atoms with Gasteiger partial charge in [-0.3, -0.25) is 15.4 Å². The van der Waals surface area contributed by atoms with Crippen LogP contribution in [0.5, 0.6) is 0 Å². The van der Waals surface area contributed by atoms with Crippen molar-refractivity contribution < 1.29 is 9.66 Å². The van der Waals surface area contributed by atoms with E-state index in [4.69, 9.17) is 4.74 Å². The lowest BCUT2D eigenvalue weighted by Gasteiger charge is -2.21. The minimum absolute atomic E-state index is 0.139. The molecule has 2 aliphatic rings. The van der Waals surface area contributed by atoms with Gasteiger partial charge in [0.05, 0.1) is 11.5 Å². The molecule has 3 rings (SSSR count). The fourth-order valence-electron chi connectivity index (χ4n) is 2.51. The van der Waals surface area contributed by atoms with Crippen LogP contribution < -0.4 is 5.32 Å². The van der Waals surface area contributed by atoms with Gasteiger partial charge in [0.2, 0.25) is 0 Å². The Kier molecular flexibility index (Phi) is 4.50. The fourth-order valence-corrected chi connectivity index (χ4v) is 2.51. The first kappa shape index (κ1) is 14.0. The van der Waals surface area contributed by atoms with Gasteiger partial charge >= 0.3 is 0 Å². The van der Waals surface area contributed by atoms with Gasteiger partial charge in [-0.2, -0.15) is 0 Å². The molecule has 5 heteroatoms. The Morgan fingerprint density at radius 3 is 2.37 bits per heavy atom. The normalized spacial score (nSPS) is 20.1. The van der Waals surface area contributed by atoms with Gasteiger partial charge in [-0.25, -0.2) is 0 Å². The molecule has 0 bridgehead atoms. The van der Waals surface area contributed by atoms with Crippen LogP contribution in [0.1, 0.15) is 31.2 Å². The molecule has 1 saturated heterocycles. The first-order valence-corrected chi connectivity index (χ1v) is 6.71. The maximum atomic E-state index is 10.1. The third-order valence-electron chi connectivity index (χ3n) is 3.58. The van der Waals surface area contributed by atoms with Gasteiger partial charge in [0.25, 0.3) is 5.69 Å². The molecule has 2 fully saturated rings. The Morgan fingerprint density at radius 1 is 1.26 bits per heavy atom. The molecule has 1 aliphatic carbocycles. The molecule has 0 amide bonds. The SMILES string of the molecule is C1CCC2(C1)NCCO2.Cc1ccc([N+](=O)[O-])cc1. The van der Waals surface area contributed by atoms with Crippen LogP contribution in [0.2, 0.25) is 0 Å². The molecule has 0 aromatic heterocycles. The van der Waals surface area contributed by atoms with Crippen molar-refractivity contribution in [2.75, 3.05) is 13.2 Å². The van der Waals surface area contributed by atoms with Crippen molar-refractivity contribution in [1.82, 2.24) is 5.32 Å². The van der Waals surface area contributed by atoms with Gasteiger partial charge in [-0.15, -0.1) is 0 Å². The van der Waals surface area contributed by atoms with Crippen molar-refractivity contribution >= 4 is 5.69 Å². The van der Waals surface area contributed by atoms with Crippen LogP contribution in [0.4, 0.5) is 5.69 Å². The summed E-state index contributed by atoms with van der Waals surface area (Å²) >= 11 is 0. The van der Waals surface area contributed by atoms with Crippen molar-refractivity contribution in [3.8, 4) is 0 Å². The predicted molar refractivity (Wildman–Crippen MR) is 73.0 cm³/mol. The van der Waals surface area contributed by atoms with Gasteiger partial charge in [0, 0.05) is 18.7 Å². The Labute approximate surface area is 113 Å². The van der Waals surface area contributed by atoms with E-state index in [2.05, 4.69) is 5.32 Å². The van der Waals surface area contributed by atoms with E-state index in [1.54, 1.807) is 12.1 Å². The Morgan fingerprint density at radius 2 is 1.89 bits per heavy atom. The molecular weight excluding hydrogens is 244 g/mol. The highest BCUT2D eigenvalue weighted by Gasteiger charge is 2.37. The summed E-state index contributed by atoms with van der Waals surface area (Å²) in [6.07, 6.45) is 5.14. The molecule has 0 radical (unpaired) electrons. The molecule has 1 aliphatic heterocycles. The number of nitro benzene ring substituents is 1. The maximum absolute atomic E-state index is 10.1. The van der Waals surface area contributed by atoms with E-state index in [9.17, 15) is 10.1 Å². The van der Waals surface area contributed by atoms with E-state index < -0.39 is 4.92 Å². The number of nitrogens with one attached hydrogen (secondary N) is 1. The molecular formula is C14H20N2O3. The number of non-ortho nitro benzene ring substituents is 1. The monoisotopic (exact) mass is 264 g/mol. The molecule has 0 unspecified atom stereocenters. The number of aryl methyl sites for hydroxylation is 1. The van der Waals surface area contributed by atoms with Crippen molar-refractivity contribution in [3.05, 3.63) is 39.9 Å². The van der Waals surface area contributed by atoms with Crippen molar-refractivity contribution in [2.45, 2.75) is 38.3 Å². The van der Waals surface area contributed by atoms with Crippen LogP contribution in [0.25, 0.3) is 0 Å². The molecule has 1 spiro atoms. The Bertz CT molecular complexity index is 401. The number of nitro groups is 1.